The highest BCUT2D eigenvalue weighted by molar-refractivity contribution is 5.85. The summed E-state index contributed by atoms with van der Waals surface area (Å²) in [5.41, 5.74) is -0.808. The van der Waals surface area contributed by atoms with Gasteiger partial charge in [-0.25, -0.2) is 4.39 Å². The van der Waals surface area contributed by atoms with Crippen LogP contribution in [0, 0.1) is 0 Å². The molecule has 2 aliphatic rings. The van der Waals surface area contributed by atoms with Crippen molar-refractivity contribution in [3.8, 4) is 0 Å². The lowest BCUT2D eigenvalue weighted by Crippen LogP contribution is -2.51. The molecule has 0 bridgehead atoms. The third-order valence-corrected chi connectivity index (χ3v) is 2.75. The number of rotatable bonds is 2. The summed E-state index contributed by atoms with van der Waals surface area (Å²) in [5.74, 6) is 0. The van der Waals surface area contributed by atoms with Gasteiger partial charge in [-0.05, 0) is 19.8 Å². The number of nitrogens with one attached hydrogen (secondary N) is 1. The Hall–Kier alpha value is 0.140. The molecular weight excluding hydrogens is 191 g/mol. The van der Waals surface area contributed by atoms with Crippen molar-refractivity contribution < 1.29 is 4.39 Å². The van der Waals surface area contributed by atoms with Crippen LogP contribution in [0.1, 0.15) is 19.8 Å². The molecule has 1 heterocycles. The number of hydrogen-bond acceptors (Lipinski definition) is 2. The van der Waals surface area contributed by atoms with Crippen molar-refractivity contribution in [3.05, 3.63) is 0 Å². The molecule has 1 aliphatic heterocycles. The van der Waals surface area contributed by atoms with Crippen LogP contribution in [0.15, 0.2) is 0 Å². The largest absolute Gasteiger partial charge is 0.312 e. The van der Waals surface area contributed by atoms with Crippen LogP contribution >= 0.6 is 12.4 Å². The molecule has 0 aromatic heterocycles. The molecule has 78 valence electrons. The Kier molecular flexibility index (Phi) is 3.55. The number of piperazine rings is 1. The Bertz CT molecular complexity index is 173. The number of halogens is 2. The molecule has 0 aromatic carbocycles. The van der Waals surface area contributed by atoms with E-state index in [-0.39, 0.29) is 12.4 Å². The molecule has 0 spiro atoms. The molecule has 1 atom stereocenters. The minimum absolute atomic E-state index is 0. The number of nitrogens with zero attached hydrogens (tertiary/aromatic N) is 1. The van der Waals surface area contributed by atoms with Crippen molar-refractivity contribution in [1.82, 2.24) is 10.2 Å². The van der Waals surface area contributed by atoms with Gasteiger partial charge in [-0.1, -0.05) is 0 Å². The predicted octanol–water partition coefficient (Wildman–Crippen LogP) is 1.20. The molecule has 2 fully saturated rings. The van der Waals surface area contributed by atoms with E-state index in [1.54, 1.807) is 0 Å². The van der Waals surface area contributed by atoms with Crippen LogP contribution in [0.2, 0.25) is 0 Å². The SMILES string of the molecule is CC1CN(CC2(F)CC2)CCN1.Cl. The normalized spacial score (nSPS) is 32.3. The van der Waals surface area contributed by atoms with Crippen LogP contribution in [0.3, 0.4) is 0 Å². The van der Waals surface area contributed by atoms with Gasteiger partial charge in [0, 0.05) is 32.2 Å². The molecule has 2 rings (SSSR count). The Morgan fingerprint density at radius 2 is 2.23 bits per heavy atom. The van der Waals surface area contributed by atoms with E-state index < -0.39 is 5.67 Å². The van der Waals surface area contributed by atoms with Gasteiger partial charge in [-0.15, -0.1) is 12.4 Å². The van der Waals surface area contributed by atoms with Crippen LogP contribution in [-0.2, 0) is 0 Å². The first-order valence-electron chi connectivity index (χ1n) is 4.83. The van der Waals surface area contributed by atoms with E-state index in [0.29, 0.717) is 12.6 Å². The summed E-state index contributed by atoms with van der Waals surface area (Å²) in [7, 11) is 0. The van der Waals surface area contributed by atoms with Gasteiger partial charge in [0.05, 0.1) is 0 Å². The summed E-state index contributed by atoms with van der Waals surface area (Å²) in [4.78, 5) is 2.24. The zero-order valence-electron chi connectivity index (χ0n) is 8.05. The molecule has 13 heavy (non-hydrogen) atoms. The highest BCUT2D eigenvalue weighted by Crippen LogP contribution is 2.40. The maximum atomic E-state index is 13.3. The Labute approximate surface area is 85.3 Å². The van der Waals surface area contributed by atoms with Crippen molar-refractivity contribution in [2.24, 2.45) is 0 Å². The molecule has 1 saturated carbocycles. The average molecular weight is 209 g/mol. The predicted molar refractivity (Wildman–Crippen MR) is 54.2 cm³/mol. The lowest BCUT2D eigenvalue weighted by atomic mass is 10.2. The molecule has 0 radical (unpaired) electrons. The van der Waals surface area contributed by atoms with Crippen LogP contribution in [-0.4, -0.2) is 42.8 Å². The summed E-state index contributed by atoms with van der Waals surface area (Å²) in [6.07, 6.45) is 1.57. The molecule has 0 aromatic rings. The summed E-state index contributed by atoms with van der Waals surface area (Å²) in [6, 6.07) is 0.529. The van der Waals surface area contributed by atoms with Crippen LogP contribution in [0.5, 0.6) is 0 Å². The Morgan fingerprint density at radius 1 is 1.54 bits per heavy atom. The fourth-order valence-electron chi connectivity index (χ4n) is 1.85. The average Bonchev–Trinajstić information content (AvgIpc) is 2.67. The molecular formula is C9H18ClFN2. The van der Waals surface area contributed by atoms with Crippen molar-refractivity contribution in [2.45, 2.75) is 31.5 Å². The van der Waals surface area contributed by atoms with Gasteiger partial charge < -0.3 is 5.32 Å². The number of alkyl halides is 1. The van der Waals surface area contributed by atoms with Gasteiger partial charge in [0.15, 0.2) is 0 Å². The minimum Gasteiger partial charge on any atom is -0.312 e. The highest BCUT2D eigenvalue weighted by Gasteiger charge is 2.44. The third-order valence-electron chi connectivity index (χ3n) is 2.75. The lowest BCUT2D eigenvalue weighted by molar-refractivity contribution is 0.143. The second-order valence-corrected chi connectivity index (χ2v) is 4.24. The molecule has 0 amide bonds. The second kappa shape index (κ2) is 4.11. The van der Waals surface area contributed by atoms with Gasteiger partial charge in [-0.2, -0.15) is 0 Å². The van der Waals surface area contributed by atoms with Gasteiger partial charge in [0.25, 0.3) is 0 Å². The van der Waals surface area contributed by atoms with E-state index in [4.69, 9.17) is 0 Å². The van der Waals surface area contributed by atoms with Crippen molar-refractivity contribution in [1.29, 1.82) is 0 Å². The second-order valence-electron chi connectivity index (χ2n) is 4.24. The van der Waals surface area contributed by atoms with Crippen LogP contribution in [0.4, 0.5) is 4.39 Å². The highest BCUT2D eigenvalue weighted by atomic mass is 35.5. The van der Waals surface area contributed by atoms with Gasteiger partial charge in [0.2, 0.25) is 0 Å². The quantitative estimate of drug-likeness (QED) is 0.734. The topological polar surface area (TPSA) is 15.3 Å². The Balaban J connectivity index is 0.000000845. The van der Waals surface area contributed by atoms with Crippen LogP contribution in [0.25, 0.3) is 0 Å². The fourth-order valence-corrected chi connectivity index (χ4v) is 1.85. The summed E-state index contributed by atoms with van der Waals surface area (Å²) < 4.78 is 13.3. The summed E-state index contributed by atoms with van der Waals surface area (Å²) in [5, 5.41) is 3.35. The lowest BCUT2D eigenvalue weighted by Gasteiger charge is -2.32. The number of hydrogen-bond donors (Lipinski definition) is 1. The Morgan fingerprint density at radius 3 is 2.77 bits per heavy atom. The maximum Gasteiger partial charge on any atom is 0.123 e. The van der Waals surface area contributed by atoms with Gasteiger partial charge >= 0.3 is 0 Å². The molecule has 1 unspecified atom stereocenters. The standard InChI is InChI=1S/C9H17FN2.ClH/c1-8-6-12(5-4-11-8)7-9(10)2-3-9;/h8,11H,2-7H2,1H3;1H. The zero-order valence-corrected chi connectivity index (χ0v) is 8.87. The fraction of sp³-hybridized carbons (Fsp3) is 1.00. The molecule has 1 saturated heterocycles. The van der Waals surface area contributed by atoms with E-state index in [1.165, 1.54) is 0 Å². The zero-order chi connectivity index (χ0) is 8.60. The molecule has 1 aliphatic carbocycles. The smallest absolute Gasteiger partial charge is 0.123 e. The first-order valence-corrected chi connectivity index (χ1v) is 4.83. The molecule has 1 N–H and O–H groups in total. The van der Waals surface area contributed by atoms with Crippen molar-refractivity contribution >= 4 is 12.4 Å². The van der Waals surface area contributed by atoms with Gasteiger partial charge in [-0.3, -0.25) is 4.90 Å². The van der Waals surface area contributed by atoms with Crippen molar-refractivity contribution in [3.63, 3.8) is 0 Å². The van der Waals surface area contributed by atoms with E-state index in [1.807, 2.05) is 0 Å². The van der Waals surface area contributed by atoms with E-state index in [2.05, 4.69) is 17.1 Å². The minimum atomic E-state index is -0.808. The van der Waals surface area contributed by atoms with Crippen molar-refractivity contribution in [2.75, 3.05) is 26.2 Å². The van der Waals surface area contributed by atoms with Gasteiger partial charge in [0.1, 0.15) is 5.67 Å². The van der Waals surface area contributed by atoms with E-state index in [0.717, 1.165) is 32.5 Å². The monoisotopic (exact) mass is 208 g/mol. The van der Waals surface area contributed by atoms with Crippen LogP contribution < -0.4 is 5.32 Å². The van der Waals surface area contributed by atoms with E-state index in [9.17, 15) is 4.39 Å². The third kappa shape index (κ3) is 3.08. The summed E-state index contributed by atoms with van der Waals surface area (Å²) >= 11 is 0. The molecule has 2 nitrogen and oxygen atoms in total. The van der Waals surface area contributed by atoms with E-state index >= 15 is 0 Å². The molecule has 4 heteroatoms. The first-order chi connectivity index (χ1) is 5.68. The summed E-state index contributed by atoms with van der Waals surface area (Å²) in [6.45, 7) is 5.85. The maximum absolute atomic E-state index is 13.3. The first kappa shape index (κ1) is 11.2.